The molecule has 1 heterocycles. The van der Waals surface area contributed by atoms with Crippen LogP contribution in [0, 0.1) is 0 Å². The summed E-state index contributed by atoms with van der Waals surface area (Å²) in [6.07, 6.45) is 0.735. The largest absolute Gasteiger partial charge is 0.477 e. The molecule has 0 amide bonds. The highest BCUT2D eigenvalue weighted by Gasteiger charge is 2.05. The van der Waals surface area contributed by atoms with Crippen molar-refractivity contribution in [2.24, 2.45) is 0 Å². The number of carboxylic acids is 1. The zero-order valence-corrected chi connectivity index (χ0v) is 8.56. The normalized spacial score (nSPS) is 9.67. The molecule has 0 aliphatic rings. The Kier molecular flexibility index (Phi) is 3.85. The van der Waals surface area contributed by atoms with Crippen molar-refractivity contribution in [3.05, 3.63) is 36.0 Å². The van der Waals surface area contributed by atoms with Crippen molar-refractivity contribution in [3.8, 4) is 5.88 Å². The van der Waals surface area contributed by atoms with Crippen molar-refractivity contribution in [1.82, 2.24) is 4.98 Å². The molecule has 0 saturated carbocycles. The van der Waals surface area contributed by atoms with Crippen LogP contribution in [0.4, 0.5) is 0 Å². The van der Waals surface area contributed by atoms with Crippen LogP contribution >= 0.6 is 0 Å². The molecule has 1 N–H and O–H groups in total. The maximum absolute atomic E-state index is 10.6. The molecule has 1 aromatic rings. The number of hydrogen-bond donors (Lipinski definition) is 1. The molecule has 4 heteroatoms. The number of aromatic nitrogens is 1. The van der Waals surface area contributed by atoms with Crippen LogP contribution < -0.4 is 4.74 Å². The molecule has 0 saturated heterocycles. The van der Waals surface area contributed by atoms with E-state index in [9.17, 15) is 4.79 Å². The minimum absolute atomic E-state index is 0.0113. The molecule has 15 heavy (non-hydrogen) atoms. The Morgan fingerprint density at radius 2 is 2.33 bits per heavy atom. The van der Waals surface area contributed by atoms with Gasteiger partial charge >= 0.3 is 5.97 Å². The summed E-state index contributed by atoms with van der Waals surface area (Å²) in [6.45, 7) is 6.11. The molecule has 0 atom stereocenters. The molecule has 0 fully saturated rings. The van der Waals surface area contributed by atoms with Crippen LogP contribution in [-0.4, -0.2) is 22.7 Å². The van der Waals surface area contributed by atoms with E-state index in [1.165, 1.54) is 6.07 Å². The van der Waals surface area contributed by atoms with Crippen molar-refractivity contribution in [2.45, 2.75) is 13.3 Å². The first kappa shape index (κ1) is 11.2. The summed E-state index contributed by atoms with van der Waals surface area (Å²) in [5, 5.41) is 8.69. The summed E-state index contributed by atoms with van der Waals surface area (Å²) in [5.74, 6) is -0.725. The summed E-state index contributed by atoms with van der Waals surface area (Å²) < 4.78 is 5.27. The van der Waals surface area contributed by atoms with E-state index in [0.717, 1.165) is 12.0 Å². The van der Waals surface area contributed by atoms with E-state index in [0.29, 0.717) is 12.5 Å². The van der Waals surface area contributed by atoms with Crippen LogP contribution in [0.1, 0.15) is 23.8 Å². The molecule has 0 aliphatic carbocycles. The first-order valence-electron chi connectivity index (χ1n) is 4.57. The van der Waals surface area contributed by atoms with Crippen LogP contribution in [-0.2, 0) is 0 Å². The Morgan fingerprint density at radius 1 is 1.60 bits per heavy atom. The monoisotopic (exact) mass is 207 g/mol. The maximum Gasteiger partial charge on any atom is 0.354 e. The number of pyridine rings is 1. The molecule has 80 valence electrons. The van der Waals surface area contributed by atoms with Gasteiger partial charge in [0.25, 0.3) is 0 Å². The van der Waals surface area contributed by atoms with Gasteiger partial charge in [-0.15, -0.1) is 6.58 Å². The van der Waals surface area contributed by atoms with Gasteiger partial charge in [-0.3, -0.25) is 0 Å². The van der Waals surface area contributed by atoms with Gasteiger partial charge in [-0.1, -0.05) is 11.6 Å². The number of rotatable bonds is 5. The lowest BCUT2D eigenvalue weighted by atomic mass is 10.3. The molecule has 0 unspecified atom stereocenters. The van der Waals surface area contributed by atoms with Gasteiger partial charge < -0.3 is 9.84 Å². The van der Waals surface area contributed by atoms with Gasteiger partial charge in [0.05, 0.1) is 6.61 Å². The maximum atomic E-state index is 10.6. The lowest BCUT2D eigenvalue weighted by Gasteiger charge is -2.04. The van der Waals surface area contributed by atoms with E-state index in [2.05, 4.69) is 11.6 Å². The second kappa shape index (κ2) is 5.14. The van der Waals surface area contributed by atoms with Gasteiger partial charge in [-0.05, 0) is 13.0 Å². The fourth-order valence-corrected chi connectivity index (χ4v) is 0.944. The van der Waals surface area contributed by atoms with Gasteiger partial charge in [-0.25, -0.2) is 9.78 Å². The standard InChI is InChI=1S/C11H13NO3/c1-8(2)6-7-15-10-5-3-4-9(12-10)11(13)14/h3-5H,1,6-7H2,2H3,(H,13,14). The van der Waals surface area contributed by atoms with E-state index < -0.39 is 5.97 Å². The number of carbonyl (C=O) groups is 1. The van der Waals surface area contributed by atoms with Gasteiger partial charge in [0, 0.05) is 12.5 Å². The average Bonchev–Trinajstić information content (AvgIpc) is 2.17. The molecule has 0 radical (unpaired) electrons. The third kappa shape index (κ3) is 3.81. The molecule has 0 aliphatic heterocycles. The lowest BCUT2D eigenvalue weighted by Crippen LogP contribution is -2.04. The number of aromatic carboxylic acids is 1. The fourth-order valence-electron chi connectivity index (χ4n) is 0.944. The molecule has 0 aromatic carbocycles. The van der Waals surface area contributed by atoms with Crippen LogP contribution in [0.25, 0.3) is 0 Å². The van der Waals surface area contributed by atoms with Gasteiger partial charge in [0.2, 0.25) is 5.88 Å². The second-order valence-corrected chi connectivity index (χ2v) is 3.22. The fraction of sp³-hybridized carbons (Fsp3) is 0.273. The summed E-state index contributed by atoms with van der Waals surface area (Å²) in [7, 11) is 0. The van der Waals surface area contributed by atoms with Gasteiger partial charge in [0.15, 0.2) is 5.69 Å². The van der Waals surface area contributed by atoms with Crippen LogP contribution in [0.2, 0.25) is 0 Å². The smallest absolute Gasteiger partial charge is 0.354 e. The third-order valence-corrected chi connectivity index (χ3v) is 1.72. The van der Waals surface area contributed by atoms with Crippen molar-refractivity contribution in [2.75, 3.05) is 6.61 Å². The second-order valence-electron chi connectivity index (χ2n) is 3.22. The summed E-state index contributed by atoms with van der Waals surface area (Å²) in [4.78, 5) is 14.4. The highest BCUT2D eigenvalue weighted by atomic mass is 16.5. The van der Waals surface area contributed by atoms with E-state index >= 15 is 0 Å². The van der Waals surface area contributed by atoms with Crippen molar-refractivity contribution >= 4 is 5.97 Å². The zero-order valence-electron chi connectivity index (χ0n) is 8.56. The Morgan fingerprint density at radius 3 is 2.93 bits per heavy atom. The summed E-state index contributed by atoms with van der Waals surface area (Å²) in [5.41, 5.74) is 1.01. The Balaban J connectivity index is 2.58. The molecule has 1 aromatic heterocycles. The third-order valence-electron chi connectivity index (χ3n) is 1.72. The molecular formula is C11H13NO3. The molecule has 0 spiro atoms. The Labute approximate surface area is 88.2 Å². The average molecular weight is 207 g/mol. The predicted octanol–water partition coefficient (Wildman–Crippen LogP) is 2.12. The molecule has 4 nitrogen and oxygen atoms in total. The highest BCUT2D eigenvalue weighted by molar-refractivity contribution is 5.85. The number of carboxylic acid groups (broad SMARTS) is 1. The quantitative estimate of drug-likeness (QED) is 0.751. The predicted molar refractivity (Wildman–Crippen MR) is 56.1 cm³/mol. The van der Waals surface area contributed by atoms with Gasteiger partial charge in [0.1, 0.15) is 0 Å². The molecular weight excluding hydrogens is 194 g/mol. The SMILES string of the molecule is C=C(C)CCOc1cccc(C(=O)O)n1. The first-order chi connectivity index (χ1) is 7.09. The number of ether oxygens (including phenoxy) is 1. The Hall–Kier alpha value is -1.84. The first-order valence-corrected chi connectivity index (χ1v) is 4.57. The zero-order chi connectivity index (χ0) is 11.3. The van der Waals surface area contributed by atoms with E-state index in [4.69, 9.17) is 9.84 Å². The van der Waals surface area contributed by atoms with Crippen molar-refractivity contribution in [1.29, 1.82) is 0 Å². The van der Waals surface area contributed by atoms with E-state index in [1.807, 2.05) is 6.92 Å². The molecule has 0 bridgehead atoms. The Bertz CT molecular complexity index is 374. The lowest BCUT2D eigenvalue weighted by molar-refractivity contribution is 0.0689. The van der Waals surface area contributed by atoms with E-state index in [-0.39, 0.29) is 5.69 Å². The summed E-state index contributed by atoms with van der Waals surface area (Å²) in [6, 6.07) is 4.66. The van der Waals surface area contributed by atoms with Crippen molar-refractivity contribution < 1.29 is 14.6 Å². The summed E-state index contributed by atoms with van der Waals surface area (Å²) >= 11 is 0. The number of hydrogen-bond acceptors (Lipinski definition) is 3. The topological polar surface area (TPSA) is 59.4 Å². The minimum atomic E-state index is -1.06. The van der Waals surface area contributed by atoms with Crippen molar-refractivity contribution in [3.63, 3.8) is 0 Å². The van der Waals surface area contributed by atoms with Crippen LogP contribution in [0.3, 0.4) is 0 Å². The van der Waals surface area contributed by atoms with Gasteiger partial charge in [-0.2, -0.15) is 0 Å². The van der Waals surface area contributed by atoms with Crippen LogP contribution in [0.5, 0.6) is 5.88 Å². The van der Waals surface area contributed by atoms with E-state index in [1.54, 1.807) is 12.1 Å². The minimum Gasteiger partial charge on any atom is -0.477 e. The number of nitrogens with zero attached hydrogens (tertiary/aromatic N) is 1. The highest BCUT2D eigenvalue weighted by Crippen LogP contribution is 2.08. The van der Waals surface area contributed by atoms with Crippen LogP contribution in [0.15, 0.2) is 30.4 Å². The molecule has 1 rings (SSSR count).